The molecule has 1 atom stereocenters. The summed E-state index contributed by atoms with van der Waals surface area (Å²) in [6.45, 7) is 0. The van der Waals surface area contributed by atoms with Gasteiger partial charge in [-0.2, -0.15) is 12.6 Å². The molecular weight excluding hydrogens is 186 g/mol. The molecular formula is C9H17NO2S. The Morgan fingerprint density at radius 1 is 1.54 bits per heavy atom. The number of esters is 1. The van der Waals surface area contributed by atoms with Gasteiger partial charge in [-0.25, -0.2) is 0 Å². The third-order valence-corrected chi connectivity index (χ3v) is 2.59. The number of carbonyl (C=O) groups excluding carboxylic acids is 1. The second kappa shape index (κ2) is 5.50. The fraction of sp³-hybridized carbons (Fsp3) is 0.889. The quantitative estimate of drug-likeness (QED) is 0.532. The van der Waals surface area contributed by atoms with Crippen LogP contribution in [-0.2, 0) is 9.53 Å². The van der Waals surface area contributed by atoms with Crippen molar-refractivity contribution in [1.29, 1.82) is 0 Å². The van der Waals surface area contributed by atoms with Crippen LogP contribution in [0.3, 0.4) is 0 Å². The van der Waals surface area contributed by atoms with Crippen molar-refractivity contribution in [2.75, 3.05) is 5.75 Å². The molecule has 1 aliphatic rings. The van der Waals surface area contributed by atoms with Gasteiger partial charge in [-0.15, -0.1) is 0 Å². The van der Waals surface area contributed by atoms with Crippen LogP contribution >= 0.6 is 12.6 Å². The van der Waals surface area contributed by atoms with Gasteiger partial charge in [0.15, 0.2) is 0 Å². The molecule has 3 nitrogen and oxygen atoms in total. The Labute approximate surface area is 84.4 Å². The first-order valence-electron chi connectivity index (χ1n) is 4.81. The number of hydrogen-bond acceptors (Lipinski definition) is 4. The van der Waals surface area contributed by atoms with E-state index in [4.69, 9.17) is 10.5 Å². The third-order valence-electron chi connectivity index (χ3n) is 2.33. The Balaban J connectivity index is 2.22. The summed E-state index contributed by atoms with van der Waals surface area (Å²) in [5, 5.41) is 0. The number of nitrogens with two attached hydrogens (primary N) is 1. The Hall–Kier alpha value is -0.220. The Bertz CT molecular complexity index is 169. The lowest BCUT2D eigenvalue weighted by atomic mass is 10.2. The van der Waals surface area contributed by atoms with Gasteiger partial charge in [-0.1, -0.05) is 0 Å². The van der Waals surface area contributed by atoms with E-state index < -0.39 is 6.04 Å². The van der Waals surface area contributed by atoms with Crippen molar-refractivity contribution in [2.24, 2.45) is 5.73 Å². The monoisotopic (exact) mass is 203 g/mol. The SMILES string of the molecule is NC(CCS)C(=O)OC1CCCC1. The second-order valence-corrected chi connectivity index (χ2v) is 3.91. The van der Waals surface area contributed by atoms with Gasteiger partial charge in [-0.05, 0) is 37.9 Å². The van der Waals surface area contributed by atoms with E-state index in [-0.39, 0.29) is 12.1 Å². The zero-order valence-electron chi connectivity index (χ0n) is 7.74. The molecule has 4 heteroatoms. The van der Waals surface area contributed by atoms with Gasteiger partial charge in [0.2, 0.25) is 0 Å². The Morgan fingerprint density at radius 3 is 2.69 bits per heavy atom. The van der Waals surface area contributed by atoms with Gasteiger partial charge < -0.3 is 10.5 Å². The van der Waals surface area contributed by atoms with E-state index in [2.05, 4.69) is 12.6 Å². The Kier molecular flexibility index (Phi) is 4.59. The summed E-state index contributed by atoms with van der Waals surface area (Å²) in [5.74, 6) is 0.363. The first kappa shape index (κ1) is 10.9. The van der Waals surface area contributed by atoms with E-state index in [9.17, 15) is 4.79 Å². The summed E-state index contributed by atoms with van der Waals surface area (Å²) in [4.78, 5) is 11.3. The summed E-state index contributed by atoms with van der Waals surface area (Å²) in [6, 6.07) is -0.488. The Morgan fingerprint density at radius 2 is 2.15 bits per heavy atom. The molecule has 1 unspecified atom stereocenters. The zero-order chi connectivity index (χ0) is 9.68. The predicted octanol–water partition coefficient (Wildman–Crippen LogP) is 1.12. The van der Waals surface area contributed by atoms with Crippen molar-refractivity contribution < 1.29 is 9.53 Å². The van der Waals surface area contributed by atoms with Crippen LogP contribution in [0.25, 0.3) is 0 Å². The molecule has 0 radical (unpaired) electrons. The van der Waals surface area contributed by atoms with Gasteiger partial charge in [0.1, 0.15) is 12.1 Å². The molecule has 0 spiro atoms. The third kappa shape index (κ3) is 3.56. The van der Waals surface area contributed by atoms with Gasteiger partial charge in [-0.3, -0.25) is 4.79 Å². The summed E-state index contributed by atoms with van der Waals surface area (Å²) in [5.41, 5.74) is 5.58. The predicted molar refractivity (Wildman–Crippen MR) is 54.8 cm³/mol. The number of thiol groups is 1. The zero-order valence-corrected chi connectivity index (χ0v) is 8.63. The van der Waals surface area contributed by atoms with Crippen molar-refractivity contribution in [2.45, 2.75) is 44.2 Å². The molecule has 0 aliphatic heterocycles. The lowest BCUT2D eigenvalue weighted by molar-refractivity contribution is -0.150. The molecule has 13 heavy (non-hydrogen) atoms. The summed E-state index contributed by atoms with van der Waals surface area (Å²) in [7, 11) is 0. The van der Waals surface area contributed by atoms with E-state index in [1.165, 1.54) is 12.8 Å². The molecule has 1 rings (SSSR count). The van der Waals surface area contributed by atoms with E-state index >= 15 is 0 Å². The topological polar surface area (TPSA) is 52.3 Å². The number of hydrogen-bond donors (Lipinski definition) is 2. The fourth-order valence-corrected chi connectivity index (χ4v) is 1.79. The molecule has 1 aliphatic carbocycles. The highest BCUT2D eigenvalue weighted by molar-refractivity contribution is 7.80. The van der Waals surface area contributed by atoms with Crippen LogP contribution in [0.4, 0.5) is 0 Å². The van der Waals surface area contributed by atoms with Gasteiger partial charge in [0.25, 0.3) is 0 Å². The fourth-order valence-electron chi connectivity index (χ4n) is 1.51. The smallest absolute Gasteiger partial charge is 0.323 e. The van der Waals surface area contributed by atoms with Crippen LogP contribution in [0.2, 0.25) is 0 Å². The molecule has 2 N–H and O–H groups in total. The largest absolute Gasteiger partial charge is 0.461 e. The maximum absolute atomic E-state index is 11.3. The average Bonchev–Trinajstić information content (AvgIpc) is 2.57. The van der Waals surface area contributed by atoms with Gasteiger partial charge in [0, 0.05) is 0 Å². The van der Waals surface area contributed by atoms with Crippen LogP contribution < -0.4 is 5.73 Å². The standard InChI is InChI=1S/C9H17NO2S/c10-8(5-6-13)9(11)12-7-3-1-2-4-7/h7-8,13H,1-6,10H2. The summed E-state index contributed by atoms with van der Waals surface area (Å²) >= 11 is 4.02. The summed E-state index contributed by atoms with van der Waals surface area (Å²) in [6.07, 6.45) is 5.05. The molecule has 76 valence electrons. The number of rotatable bonds is 4. The number of ether oxygens (including phenoxy) is 1. The van der Waals surface area contributed by atoms with Crippen LogP contribution in [-0.4, -0.2) is 23.9 Å². The normalized spacial score (nSPS) is 20.2. The second-order valence-electron chi connectivity index (χ2n) is 3.46. The van der Waals surface area contributed by atoms with E-state index in [1.54, 1.807) is 0 Å². The summed E-state index contributed by atoms with van der Waals surface area (Å²) < 4.78 is 5.23. The molecule has 1 saturated carbocycles. The van der Waals surface area contributed by atoms with Crippen LogP contribution in [0.1, 0.15) is 32.1 Å². The molecule has 1 fully saturated rings. The maximum Gasteiger partial charge on any atom is 0.323 e. The first-order valence-corrected chi connectivity index (χ1v) is 5.44. The van der Waals surface area contributed by atoms with Crippen LogP contribution in [0.5, 0.6) is 0 Å². The van der Waals surface area contributed by atoms with Crippen molar-refractivity contribution in [1.82, 2.24) is 0 Å². The lowest BCUT2D eigenvalue weighted by Gasteiger charge is -2.14. The highest BCUT2D eigenvalue weighted by Gasteiger charge is 2.22. The van der Waals surface area contributed by atoms with E-state index in [0.29, 0.717) is 12.2 Å². The van der Waals surface area contributed by atoms with Crippen LogP contribution in [0, 0.1) is 0 Å². The molecule has 0 saturated heterocycles. The average molecular weight is 203 g/mol. The van der Waals surface area contributed by atoms with Gasteiger partial charge >= 0.3 is 5.97 Å². The van der Waals surface area contributed by atoms with Crippen molar-refractivity contribution in [3.63, 3.8) is 0 Å². The molecule has 0 aromatic heterocycles. The van der Waals surface area contributed by atoms with E-state index in [0.717, 1.165) is 12.8 Å². The minimum Gasteiger partial charge on any atom is -0.461 e. The van der Waals surface area contributed by atoms with Crippen LogP contribution in [0.15, 0.2) is 0 Å². The minimum absolute atomic E-state index is 0.124. The van der Waals surface area contributed by atoms with Gasteiger partial charge in [0.05, 0.1) is 0 Å². The highest BCUT2D eigenvalue weighted by Crippen LogP contribution is 2.21. The minimum atomic E-state index is -0.488. The highest BCUT2D eigenvalue weighted by atomic mass is 32.1. The van der Waals surface area contributed by atoms with Crippen molar-refractivity contribution in [3.05, 3.63) is 0 Å². The lowest BCUT2D eigenvalue weighted by Crippen LogP contribution is -2.34. The molecule has 0 aromatic rings. The van der Waals surface area contributed by atoms with E-state index in [1.807, 2.05) is 0 Å². The molecule has 0 aromatic carbocycles. The molecule has 0 amide bonds. The first-order chi connectivity index (χ1) is 6.24. The molecule has 0 bridgehead atoms. The maximum atomic E-state index is 11.3. The number of carbonyl (C=O) groups is 1. The van der Waals surface area contributed by atoms with Crippen molar-refractivity contribution >= 4 is 18.6 Å². The van der Waals surface area contributed by atoms with Crippen molar-refractivity contribution in [3.8, 4) is 0 Å². The molecule has 0 heterocycles.